The van der Waals surface area contributed by atoms with E-state index in [0.29, 0.717) is 23.6 Å². The van der Waals surface area contributed by atoms with Crippen LogP contribution in [0.1, 0.15) is 35.3 Å². The Kier molecular flexibility index (Phi) is 6.50. The first-order valence-corrected chi connectivity index (χ1v) is 9.36. The molecule has 0 spiro atoms. The third kappa shape index (κ3) is 5.35. The molecule has 0 aliphatic heterocycles. The molecule has 138 valence electrons. The number of halogens is 1. The lowest BCUT2D eigenvalue weighted by Crippen LogP contribution is -2.16. The van der Waals surface area contributed by atoms with E-state index in [1.807, 2.05) is 85.8 Å². The minimum Gasteiger partial charge on any atom is -0.494 e. The van der Waals surface area contributed by atoms with Crippen molar-refractivity contribution < 1.29 is 9.53 Å². The molecule has 1 atom stereocenters. The first kappa shape index (κ1) is 19.0. The molecule has 3 aromatic carbocycles. The van der Waals surface area contributed by atoms with Crippen LogP contribution in [0.3, 0.4) is 0 Å². The van der Waals surface area contributed by atoms with Gasteiger partial charge in [-0.05, 0) is 48.9 Å². The van der Waals surface area contributed by atoms with Gasteiger partial charge < -0.3 is 10.1 Å². The maximum atomic E-state index is 12.8. The van der Waals surface area contributed by atoms with E-state index >= 15 is 0 Å². The largest absolute Gasteiger partial charge is 0.494 e. The van der Waals surface area contributed by atoms with E-state index in [9.17, 15) is 4.79 Å². The second kappa shape index (κ2) is 9.24. The molecule has 0 aromatic heterocycles. The van der Waals surface area contributed by atoms with Crippen LogP contribution < -0.4 is 10.1 Å². The third-order valence-electron chi connectivity index (χ3n) is 4.26. The van der Waals surface area contributed by atoms with Crippen molar-refractivity contribution >= 4 is 23.1 Å². The summed E-state index contributed by atoms with van der Waals surface area (Å²) in [6, 6.07) is 24.6. The summed E-state index contributed by atoms with van der Waals surface area (Å²) in [5.74, 6) is 0.914. The van der Waals surface area contributed by atoms with E-state index in [-0.39, 0.29) is 11.8 Å². The summed E-state index contributed by atoms with van der Waals surface area (Å²) in [6.45, 7) is 2.58. The molecular weight excluding hydrogens is 358 g/mol. The second-order valence-electron chi connectivity index (χ2n) is 6.20. The van der Waals surface area contributed by atoms with Crippen molar-refractivity contribution in [2.75, 3.05) is 11.9 Å². The summed E-state index contributed by atoms with van der Waals surface area (Å²) in [6.07, 6.45) is 0.348. The topological polar surface area (TPSA) is 38.3 Å². The van der Waals surface area contributed by atoms with Gasteiger partial charge in [0.05, 0.1) is 12.6 Å². The Hall–Kier alpha value is -2.78. The Bertz CT molecular complexity index is 861. The SMILES string of the molecule is CCOc1ccc([C@@H](CC(=O)c2ccccc2)Nc2ccc(Cl)cc2)cc1. The lowest BCUT2D eigenvalue weighted by Gasteiger charge is -2.20. The molecule has 0 aliphatic rings. The highest BCUT2D eigenvalue weighted by molar-refractivity contribution is 6.30. The summed E-state index contributed by atoms with van der Waals surface area (Å²) >= 11 is 5.98. The second-order valence-corrected chi connectivity index (χ2v) is 6.64. The quantitative estimate of drug-likeness (QED) is 0.476. The highest BCUT2D eigenvalue weighted by atomic mass is 35.5. The van der Waals surface area contributed by atoms with Gasteiger partial charge in [-0.15, -0.1) is 0 Å². The Morgan fingerprint density at radius 1 is 0.963 bits per heavy atom. The average Bonchev–Trinajstić information content (AvgIpc) is 2.70. The fourth-order valence-corrected chi connectivity index (χ4v) is 3.02. The summed E-state index contributed by atoms with van der Waals surface area (Å²) in [4.78, 5) is 12.8. The number of ketones is 1. The maximum absolute atomic E-state index is 12.8. The Labute approximate surface area is 164 Å². The van der Waals surface area contributed by atoms with Gasteiger partial charge >= 0.3 is 0 Å². The van der Waals surface area contributed by atoms with Crippen LogP contribution in [0, 0.1) is 0 Å². The number of carbonyl (C=O) groups excluding carboxylic acids is 1. The minimum absolute atomic E-state index is 0.0935. The highest BCUT2D eigenvalue weighted by Crippen LogP contribution is 2.27. The number of rotatable bonds is 8. The molecule has 0 fully saturated rings. The lowest BCUT2D eigenvalue weighted by atomic mass is 9.97. The molecule has 4 heteroatoms. The molecule has 3 aromatic rings. The van der Waals surface area contributed by atoms with Gasteiger partial charge in [-0.2, -0.15) is 0 Å². The molecule has 0 aliphatic carbocycles. The van der Waals surface area contributed by atoms with Crippen molar-refractivity contribution in [1.82, 2.24) is 0 Å². The van der Waals surface area contributed by atoms with Gasteiger partial charge in [-0.3, -0.25) is 4.79 Å². The number of nitrogens with one attached hydrogen (secondary N) is 1. The lowest BCUT2D eigenvalue weighted by molar-refractivity contribution is 0.0976. The number of hydrogen-bond donors (Lipinski definition) is 1. The van der Waals surface area contributed by atoms with E-state index < -0.39 is 0 Å². The van der Waals surface area contributed by atoms with Gasteiger partial charge in [0.1, 0.15) is 5.75 Å². The number of ether oxygens (including phenoxy) is 1. The van der Waals surface area contributed by atoms with Gasteiger partial charge in [-0.25, -0.2) is 0 Å². The van der Waals surface area contributed by atoms with Crippen molar-refractivity contribution in [2.24, 2.45) is 0 Å². The number of Topliss-reactive ketones (excluding diaryl/α,β-unsaturated/α-hetero) is 1. The van der Waals surface area contributed by atoms with Crippen LogP contribution in [0.2, 0.25) is 5.02 Å². The standard InChI is InChI=1S/C23H22ClNO2/c1-2-27-21-14-8-17(9-15-21)22(25-20-12-10-19(24)11-13-20)16-23(26)18-6-4-3-5-7-18/h3-15,22,25H,2,16H2,1H3/t22-/m1/s1. The van der Waals surface area contributed by atoms with E-state index in [4.69, 9.17) is 16.3 Å². The van der Waals surface area contributed by atoms with Gasteiger partial charge in [0, 0.05) is 22.7 Å². The zero-order valence-electron chi connectivity index (χ0n) is 15.2. The molecule has 0 heterocycles. The zero-order chi connectivity index (χ0) is 19.1. The maximum Gasteiger partial charge on any atom is 0.165 e. The molecule has 1 N–H and O–H groups in total. The van der Waals surface area contributed by atoms with Crippen molar-refractivity contribution in [1.29, 1.82) is 0 Å². The predicted molar refractivity (Wildman–Crippen MR) is 111 cm³/mol. The number of benzene rings is 3. The van der Waals surface area contributed by atoms with E-state index in [1.54, 1.807) is 0 Å². The van der Waals surface area contributed by atoms with Gasteiger partial charge in [0.2, 0.25) is 0 Å². The van der Waals surface area contributed by atoms with Crippen LogP contribution in [0.4, 0.5) is 5.69 Å². The molecular formula is C23H22ClNO2. The fourth-order valence-electron chi connectivity index (χ4n) is 2.89. The molecule has 0 saturated carbocycles. The first-order chi connectivity index (χ1) is 13.2. The van der Waals surface area contributed by atoms with Crippen LogP contribution in [0.15, 0.2) is 78.9 Å². The third-order valence-corrected chi connectivity index (χ3v) is 4.52. The van der Waals surface area contributed by atoms with Gasteiger partial charge in [-0.1, -0.05) is 54.1 Å². The summed E-state index contributed by atoms with van der Waals surface area (Å²) in [7, 11) is 0. The number of hydrogen-bond acceptors (Lipinski definition) is 3. The van der Waals surface area contributed by atoms with E-state index in [0.717, 1.165) is 17.0 Å². The molecule has 0 unspecified atom stereocenters. The van der Waals surface area contributed by atoms with Crippen molar-refractivity contribution in [3.63, 3.8) is 0 Å². The molecule has 3 rings (SSSR count). The van der Waals surface area contributed by atoms with E-state index in [1.165, 1.54) is 0 Å². The molecule has 0 saturated heterocycles. The van der Waals surface area contributed by atoms with Crippen LogP contribution in [0.25, 0.3) is 0 Å². The monoisotopic (exact) mass is 379 g/mol. The van der Waals surface area contributed by atoms with Crippen molar-refractivity contribution in [3.05, 3.63) is 95.0 Å². The minimum atomic E-state index is -0.158. The number of anilines is 1. The zero-order valence-corrected chi connectivity index (χ0v) is 15.9. The molecule has 27 heavy (non-hydrogen) atoms. The van der Waals surface area contributed by atoms with Crippen molar-refractivity contribution in [2.45, 2.75) is 19.4 Å². The Morgan fingerprint density at radius 2 is 1.63 bits per heavy atom. The van der Waals surface area contributed by atoms with E-state index in [2.05, 4.69) is 5.32 Å². The smallest absolute Gasteiger partial charge is 0.165 e. The summed E-state index contributed by atoms with van der Waals surface area (Å²) < 4.78 is 5.52. The molecule has 0 radical (unpaired) electrons. The Morgan fingerprint density at radius 3 is 2.26 bits per heavy atom. The van der Waals surface area contributed by atoms with Gasteiger partial charge in [0.25, 0.3) is 0 Å². The summed E-state index contributed by atoms with van der Waals surface area (Å²) in [5.41, 5.74) is 2.66. The average molecular weight is 380 g/mol. The van der Waals surface area contributed by atoms with Crippen LogP contribution >= 0.6 is 11.6 Å². The summed E-state index contributed by atoms with van der Waals surface area (Å²) in [5, 5.41) is 4.13. The highest BCUT2D eigenvalue weighted by Gasteiger charge is 2.17. The Balaban J connectivity index is 1.83. The molecule has 0 amide bonds. The molecule has 0 bridgehead atoms. The predicted octanol–water partition coefficient (Wildman–Crippen LogP) is 6.16. The van der Waals surface area contributed by atoms with Crippen LogP contribution in [-0.4, -0.2) is 12.4 Å². The van der Waals surface area contributed by atoms with Crippen molar-refractivity contribution in [3.8, 4) is 5.75 Å². The fraction of sp³-hybridized carbons (Fsp3) is 0.174. The van der Waals surface area contributed by atoms with Crippen LogP contribution in [-0.2, 0) is 0 Å². The first-order valence-electron chi connectivity index (χ1n) is 8.99. The van der Waals surface area contributed by atoms with Crippen LogP contribution in [0.5, 0.6) is 5.75 Å². The van der Waals surface area contributed by atoms with Gasteiger partial charge in [0.15, 0.2) is 5.78 Å². The number of carbonyl (C=O) groups is 1. The normalized spacial score (nSPS) is 11.6. The molecule has 3 nitrogen and oxygen atoms in total.